The molecule has 1 unspecified atom stereocenters. The number of pyridine rings is 1. The molecule has 1 amide bonds. The minimum Gasteiger partial charge on any atom is -0.484 e. The van der Waals surface area contributed by atoms with E-state index in [1.54, 1.807) is 24.3 Å². The van der Waals surface area contributed by atoms with E-state index >= 15 is 0 Å². The molecule has 3 aromatic rings. The van der Waals surface area contributed by atoms with Gasteiger partial charge in [0.2, 0.25) is 0 Å². The van der Waals surface area contributed by atoms with Crippen molar-refractivity contribution in [1.29, 1.82) is 0 Å². The summed E-state index contributed by atoms with van der Waals surface area (Å²) in [6.45, 7) is 1.77. The van der Waals surface area contributed by atoms with E-state index in [9.17, 15) is 4.79 Å². The lowest BCUT2D eigenvalue weighted by atomic mass is 10.3. The monoisotopic (exact) mass is 330 g/mol. The van der Waals surface area contributed by atoms with E-state index in [1.807, 2.05) is 35.7 Å². The van der Waals surface area contributed by atoms with Gasteiger partial charge in [0, 0.05) is 11.2 Å². The fourth-order valence-corrected chi connectivity index (χ4v) is 2.31. The molecule has 0 fully saturated rings. The number of rotatable bonds is 5. The Morgan fingerprint density at radius 1 is 1.26 bits per heavy atom. The number of hydrogen-bond acceptors (Lipinski definition) is 4. The van der Waals surface area contributed by atoms with Crippen LogP contribution < -0.4 is 10.1 Å². The molecule has 118 valence electrons. The SMILES string of the molecule is CC(NC(=O)COc1ccc(Cl)cc1)c1nnc2ccccn12. The molecular weight excluding hydrogens is 316 g/mol. The van der Waals surface area contributed by atoms with Crippen molar-refractivity contribution in [1.82, 2.24) is 19.9 Å². The fraction of sp³-hybridized carbons (Fsp3) is 0.188. The molecule has 0 aliphatic heterocycles. The Morgan fingerprint density at radius 2 is 2.04 bits per heavy atom. The summed E-state index contributed by atoms with van der Waals surface area (Å²) in [5, 5.41) is 11.6. The molecular formula is C16H15ClN4O2. The van der Waals surface area contributed by atoms with Gasteiger partial charge < -0.3 is 10.1 Å². The highest BCUT2D eigenvalue weighted by Crippen LogP contribution is 2.15. The van der Waals surface area contributed by atoms with Gasteiger partial charge in [0.25, 0.3) is 5.91 Å². The smallest absolute Gasteiger partial charge is 0.258 e. The molecule has 1 N–H and O–H groups in total. The summed E-state index contributed by atoms with van der Waals surface area (Å²) in [7, 11) is 0. The summed E-state index contributed by atoms with van der Waals surface area (Å²) < 4.78 is 7.25. The lowest BCUT2D eigenvalue weighted by molar-refractivity contribution is -0.123. The second kappa shape index (κ2) is 6.66. The number of nitrogens with zero attached hydrogens (tertiary/aromatic N) is 3. The minimum atomic E-state index is -0.284. The van der Waals surface area contributed by atoms with E-state index < -0.39 is 0 Å². The zero-order valence-corrected chi connectivity index (χ0v) is 13.2. The molecule has 2 aromatic heterocycles. The number of fused-ring (bicyclic) bond motifs is 1. The van der Waals surface area contributed by atoms with E-state index in [4.69, 9.17) is 16.3 Å². The molecule has 0 aliphatic carbocycles. The van der Waals surface area contributed by atoms with Crippen molar-refractivity contribution in [3.63, 3.8) is 0 Å². The van der Waals surface area contributed by atoms with Gasteiger partial charge in [0.05, 0.1) is 6.04 Å². The van der Waals surface area contributed by atoms with Gasteiger partial charge in [0.1, 0.15) is 5.75 Å². The van der Waals surface area contributed by atoms with E-state index in [1.165, 1.54) is 0 Å². The summed E-state index contributed by atoms with van der Waals surface area (Å²) in [4.78, 5) is 12.0. The van der Waals surface area contributed by atoms with Crippen LogP contribution in [-0.4, -0.2) is 27.1 Å². The quantitative estimate of drug-likeness (QED) is 0.781. The average molecular weight is 331 g/mol. The third-order valence-electron chi connectivity index (χ3n) is 3.29. The van der Waals surface area contributed by atoms with E-state index in [0.29, 0.717) is 16.6 Å². The van der Waals surface area contributed by atoms with Crippen LogP contribution in [0.4, 0.5) is 0 Å². The Labute approximate surface area is 138 Å². The highest BCUT2D eigenvalue weighted by atomic mass is 35.5. The summed E-state index contributed by atoms with van der Waals surface area (Å²) in [5.74, 6) is 1.02. The molecule has 2 heterocycles. The standard InChI is InChI=1S/C16H15ClN4O2/c1-11(16-20-19-14-4-2-3-9-21(14)16)18-15(22)10-23-13-7-5-12(17)6-8-13/h2-9,11H,10H2,1H3,(H,18,22). The first kappa shape index (κ1) is 15.3. The molecule has 1 aromatic carbocycles. The highest BCUT2D eigenvalue weighted by molar-refractivity contribution is 6.30. The van der Waals surface area contributed by atoms with Gasteiger partial charge in [-0.3, -0.25) is 9.20 Å². The van der Waals surface area contributed by atoms with Crippen LogP contribution >= 0.6 is 11.6 Å². The van der Waals surface area contributed by atoms with Crippen molar-refractivity contribution < 1.29 is 9.53 Å². The van der Waals surface area contributed by atoms with Crippen molar-refractivity contribution in [3.8, 4) is 5.75 Å². The summed E-state index contributed by atoms with van der Waals surface area (Å²) in [5.41, 5.74) is 0.737. The van der Waals surface area contributed by atoms with Gasteiger partial charge in [0.15, 0.2) is 18.1 Å². The maximum absolute atomic E-state index is 12.0. The predicted octanol–water partition coefficient (Wildman–Crippen LogP) is 2.64. The Morgan fingerprint density at radius 3 is 2.83 bits per heavy atom. The summed E-state index contributed by atoms with van der Waals surface area (Å²) in [6, 6.07) is 12.2. The molecule has 0 saturated heterocycles. The van der Waals surface area contributed by atoms with Crippen LogP contribution in [0.3, 0.4) is 0 Å². The van der Waals surface area contributed by atoms with Gasteiger partial charge in [-0.25, -0.2) is 0 Å². The first-order chi connectivity index (χ1) is 11.1. The second-order valence-electron chi connectivity index (χ2n) is 5.02. The summed E-state index contributed by atoms with van der Waals surface area (Å²) in [6.07, 6.45) is 1.86. The van der Waals surface area contributed by atoms with Gasteiger partial charge in [-0.2, -0.15) is 0 Å². The zero-order valence-electron chi connectivity index (χ0n) is 12.4. The van der Waals surface area contributed by atoms with E-state index in [0.717, 1.165) is 5.65 Å². The van der Waals surface area contributed by atoms with Gasteiger partial charge in [-0.1, -0.05) is 17.7 Å². The Hall–Kier alpha value is -2.60. The molecule has 7 heteroatoms. The topological polar surface area (TPSA) is 68.5 Å². The normalized spacial score (nSPS) is 12.1. The van der Waals surface area contributed by atoms with Crippen molar-refractivity contribution in [3.05, 3.63) is 59.5 Å². The maximum atomic E-state index is 12.0. The van der Waals surface area contributed by atoms with Gasteiger partial charge >= 0.3 is 0 Å². The van der Waals surface area contributed by atoms with Gasteiger partial charge in [-0.15, -0.1) is 10.2 Å². The molecule has 0 saturated carbocycles. The molecule has 6 nitrogen and oxygen atoms in total. The highest BCUT2D eigenvalue weighted by Gasteiger charge is 2.15. The summed E-state index contributed by atoms with van der Waals surface area (Å²) >= 11 is 5.80. The number of amides is 1. The number of carbonyl (C=O) groups excluding carboxylic acids is 1. The Bertz CT molecular complexity index is 816. The third kappa shape index (κ3) is 3.60. The number of carbonyl (C=O) groups is 1. The van der Waals surface area contributed by atoms with Crippen molar-refractivity contribution in [2.45, 2.75) is 13.0 Å². The van der Waals surface area contributed by atoms with Crippen molar-refractivity contribution in [2.75, 3.05) is 6.61 Å². The van der Waals surface area contributed by atoms with Crippen LogP contribution in [-0.2, 0) is 4.79 Å². The first-order valence-corrected chi connectivity index (χ1v) is 7.48. The number of ether oxygens (including phenoxy) is 1. The molecule has 23 heavy (non-hydrogen) atoms. The maximum Gasteiger partial charge on any atom is 0.258 e. The molecule has 1 atom stereocenters. The minimum absolute atomic E-state index is 0.0806. The lowest BCUT2D eigenvalue weighted by Crippen LogP contribution is -2.32. The molecule has 0 radical (unpaired) electrons. The first-order valence-electron chi connectivity index (χ1n) is 7.11. The van der Waals surface area contributed by atoms with Crippen molar-refractivity contribution >= 4 is 23.2 Å². The Balaban J connectivity index is 1.60. The third-order valence-corrected chi connectivity index (χ3v) is 3.54. The number of benzene rings is 1. The van der Waals surface area contributed by atoms with Gasteiger partial charge in [-0.05, 0) is 43.3 Å². The Kier molecular flexibility index (Phi) is 4.43. The average Bonchev–Trinajstić information content (AvgIpc) is 2.98. The number of hydrogen-bond donors (Lipinski definition) is 1. The molecule has 0 spiro atoms. The largest absolute Gasteiger partial charge is 0.484 e. The molecule has 0 bridgehead atoms. The fourth-order valence-electron chi connectivity index (χ4n) is 2.18. The number of aromatic nitrogens is 3. The predicted molar refractivity (Wildman–Crippen MR) is 86.5 cm³/mol. The lowest BCUT2D eigenvalue weighted by Gasteiger charge is -2.13. The van der Waals surface area contributed by atoms with Crippen LogP contribution in [0.25, 0.3) is 5.65 Å². The van der Waals surface area contributed by atoms with E-state index in [-0.39, 0.29) is 18.6 Å². The van der Waals surface area contributed by atoms with Crippen LogP contribution in [0.2, 0.25) is 5.02 Å². The van der Waals surface area contributed by atoms with Crippen LogP contribution in [0.15, 0.2) is 48.7 Å². The van der Waals surface area contributed by atoms with Crippen molar-refractivity contribution in [2.24, 2.45) is 0 Å². The second-order valence-corrected chi connectivity index (χ2v) is 5.46. The molecule has 0 aliphatic rings. The van der Waals surface area contributed by atoms with Crippen LogP contribution in [0.5, 0.6) is 5.75 Å². The van der Waals surface area contributed by atoms with E-state index in [2.05, 4.69) is 15.5 Å². The zero-order chi connectivity index (χ0) is 16.2. The van der Waals surface area contributed by atoms with Crippen LogP contribution in [0.1, 0.15) is 18.8 Å². The number of nitrogens with one attached hydrogen (secondary N) is 1. The van der Waals surface area contributed by atoms with Crippen LogP contribution in [0, 0.1) is 0 Å². The molecule has 3 rings (SSSR count). The number of halogens is 1.